The summed E-state index contributed by atoms with van der Waals surface area (Å²) in [5.74, 6) is -0.985. The lowest BCUT2D eigenvalue weighted by Crippen LogP contribution is -2.38. The molecule has 2 aliphatic rings. The van der Waals surface area contributed by atoms with E-state index in [1.807, 2.05) is 24.3 Å². The van der Waals surface area contributed by atoms with Gasteiger partial charge in [-0.2, -0.15) is 0 Å². The SMILES string of the molecule is C/C(=C\CNC(=O)OCC1c2ccccc2-c2ccccc21)C(=O)N(CC(=O)O)CC1CC1. The van der Waals surface area contributed by atoms with Gasteiger partial charge in [0.05, 0.1) is 0 Å². The molecule has 1 saturated carbocycles. The fraction of sp³-hybridized carbons (Fsp3) is 0.346. The van der Waals surface area contributed by atoms with Gasteiger partial charge in [0.1, 0.15) is 13.2 Å². The van der Waals surface area contributed by atoms with Crippen molar-refractivity contribution in [2.75, 3.05) is 26.2 Å². The smallest absolute Gasteiger partial charge is 0.407 e. The Kier molecular flexibility index (Phi) is 6.77. The van der Waals surface area contributed by atoms with Crippen LogP contribution in [0, 0.1) is 5.92 Å². The van der Waals surface area contributed by atoms with E-state index >= 15 is 0 Å². The van der Waals surface area contributed by atoms with Gasteiger partial charge in [-0.25, -0.2) is 4.79 Å². The van der Waals surface area contributed by atoms with Gasteiger partial charge in [0.15, 0.2) is 0 Å². The van der Waals surface area contributed by atoms with Crippen LogP contribution < -0.4 is 5.32 Å². The molecule has 2 N–H and O–H groups in total. The van der Waals surface area contributed by atoms with Crippen molar-refractivity contribution in [1.29, 1.82) is 0 Å². The molecule has 0 radical (unpaired) electrons. The van der Waals surface area contributed by atoms with Crippen LogP contribution in [0.3, 0.4) is 0 Å². The van der Waals surface area contributed by atoms with Crippen molar-refractivity contribution in [3.05, 3.63) is 71.3 Å². The van der Waals surface area contributed by atoms with E-state index in [9.17, 15) is 14.4 Å². The number of hydrogen-bond acceptors (Lipinski definition) is 4. The van der Waals surface area contributed by atoms with Gasteiger partial charge in [0.25, 0.3) is 0 Å². The molecule has 0 atom stereocenters. The van der Waals surface area contributed by atoms with Crippen LogP contribution in [0.25, 0.3) is 11.1 Å². The Morgan fingerprint density at radius 1 is 1.06 bits per heavy atom. The first-order chi connectivity index (χ1) is 15.9. The van der Waals surface area contributed by atoms with Crippen LogP contribution in [0.15, 0.2) is 60.2 Å². The predicted octanol–water partition coefficient (Wildman–Crippen LogP) is 3.79. The third-order valence-corrected chi connectivity index (χ3v) is 6.12. The molecule has 0 unspecified atom stereocenters. The molecule has 33 heavy (non-hydrogen) atoms. The molecule has 0 heterocycles. The highest BCUT2D eigenvalue weighted by Crippen LogP contribution is 2.44. The van der Waals surface area contributed by atoms with Crippen molar-refractivity contribution in [3.63, 3.8) is 0 Å². The summed E-state index contributed by atoms with van der Waals surface area (Å²) in [6.07, 6.45) is 3.07. The number of aliphatic carboxylic acids is 1. The van der Waals surface area contributed by atoms with Crippen LogP contribution in [-0.2, 0) is 14.3 Å². The monoisotopic (exact) mass is 448 g/mol. The number of carboxylic acids is 1. The fourth-order valence-corrected chi connectivity index (χ4v) is 4.27. The van der Waals surface area contributed by atoms with E-state index in [4.69, 9.17) is 9.84 Å². The standard InChI is InChI=1S/C26H28N2O5/c1-17(25(31)28(15-24(29)30)14-18-10-11-18)12-13-27-26(32)33-16-23-21-8-4-2-6-19(21)20-7-3-5-9-22(20)23/h2-9,12,18,23H,10-11,13-16H2,1H3,(H,27,32)(H,29,30)/b17-12+. The van der Waals surface area contributed by atoms with Gasteiger partial charge in [0, 0.05) is 24.6 Å². The number of fused-ring (bicyclic) bond motifs is 3. The molecular weight excluding hydrogens is 420 g/mol. The zero-order chi connectivity index (χ0) is 23.4. The molecule has 172 valence electrons. The lowest BCUT2D eigenvalue weighted by molar-refractivity contribution is -0.143. The summed E-state index contributed by atoms with van der Waals surface area (Å²) < 4.78 is 5.49. The molecule has 2 amide bonds. The topological polar surface area (TPSA) is 95.9 Å². The molecule has 1 fully saturated rings. The van der Waals surface area contributed by atoms with E-state index in [1.54, 1.807) is 13.0 Å². The maximum absolute atomic E-state index is 12.6. The normalized spacial score (nSPS) is 14.9. The van der Waals surface area contributed by atoms with Gasteiger partial charge in [0.2, 0.25) is 5.91 Å². The lowest BCUT2D eigenvalue weighted by atomic mass is 9.98. The first kappa shape index (κ1) is 22.6. The Morgan fingerprint density at radius 2 is 1.67 bits per heavy atom. The molecular formula is C26H28N2O5. The quantitative estimate of drug-likeness (QED) is 0.569. The molecule has 0 aliphatic heterocycles. The number of benzene rings is 2. The van der Waals surface area contributed by atoms with Gasteiger partial charge in [-0.15, -0.1) is 0 Å². The number of carbonyl (C=O) groups is 3. The zero-order valence-corrected chi connectivity index (χ0v) is 18.6. The third kappa shape index (κ3) is 5.42. The fourth-order valence-electron chi connectivity index (χ4n) is 4.27. The van der Waals surface area contributed by atoms with Crippen LogP contribution >= 0.6 is 0 Å². The Hall–Kier alpha value is -3.61. The molecule has 2 aromatic carbocycles. The number of rotatable bonds is 9. The number of ether oxygens (including phenoxy) is 1. The van der Waals surface area contributed by atoms with Crippen molar-refractivity contribution in [2.24, 2.45) is 5.92 Å². The van der Waals surface area contributed by atoms with E-state index in [1.165, 1.54) is 4.90 Å². The number of nitrogens with one attached hydrogen (secondary N) is 1. The van der Waals surface area contributed by atoms with Crippen LogP contribution in [0.2, 0.25) is 0 Å². The summed E-state index contributed by atoms with van der Waals surface area (Å²) >= 11 is 0. The van der Waals surface area contributed by atoms with Crippen molar-refractivity contribution in [3.8, 4) is 11.1 Å². The van der Waals surface area contributed by atoms with Crippen molar-refractivity contribution >= 4 is 18.0 Å². The minimum atomic E-state index is -1.03. The Bertz CT molecular complexity index is 1040. The second-order valence-corrected chi connectivity index (χ2v) is 8.62. The number of nitrogens with zero attached hydrogens (tertiary/aromatic N) is 1. The largest absolute Gasteiger partial charge is 0.480 e. The summed E-state index contributed by atoms with van der Waals surface area (Å²) in [5, 5.41) is 11.7. The van der Waals surface area contributed by atoms with Crippen LogP contribution in [0.5, 0.6) is 0 Å². The van der Waals surface area contributed by atoms with E-state index < -0.39 is 12.1 Å². The first-order valence-corrected chi connectivity index (χ1v) is 11.2. The Morgan fingerprint density at radius 3 is 2.24 bits per heavy atom. The molecule has 0 bridgehead atoms. The third-order valence-electron chi connectivity index (χ3n) is 6.12. The second-order valence-electron chi connectivity index (χ2n) is 8.62. The summed E-state index contributed by atoms with van der Waals surface area (Å²) in [4.78, 5) is 37.3. The molecule has 4 rings (SSSR count). The predicted molar refractivity (Wildman–Crippen MR) is 124 cm³/mol. The number of carbonyl (C=O) groups excluding carboxylic acids is 2. The molecule has 7 heteroatoms. The first-order valence-electron chi connectivity index (χ1n) is 11.2. The Labute approximate surface area is 193 Å². The highest BCUT2D eigenvalue weighted by molar-refractivity contribution is 5.94. The minimum absolute atomic E-state index is 0.0194. The maximum Gasteiger partial charge on any atom is 0.407 e. The molecule has 2 aromatic rings. The lowest BCUT2D eigenvalue weighted by Gasteiger charge is -2.21. The molecule has 7 nitrogen and oxygen atoms in total. The van der Waals surface area contributed by atoms with Gasteiger partial charge >= 0.3 is 12.1 Å². The van der Waals surface area contributed by atoms with E-state index in [0.29, 0.717) is 18.0 Å². The number of carboxylic acid groups (broad SMARTS) is 1. The van der Waals surface area contributed by atoms with E-state index in [2.05, 4.69) is 29.6 Å². The summed E-state index contributed by atoms with van der Waals surface area (Å²) in [7, 11) is 0. The van der Waals surface area contributed by atoms with Crippen LogP contribution in [0.1, 0.15) is 36.8 Å². The molecule has 0 saturated heterocycles. The van der Waals surface area contributed by atoms with Gasteiger partial charge in [-0.1, -0.05) is 54.6 Å². The summed E-state index contributed by atoms with van der Waals surface area (Å²) in [6.45, 7) is 2.10. The molecule has 2 aliphatic carbocycles. The van der Waals surface area contributed by atoms with Gasteiger partial charge in [-0.3, -0.25) is 9.59 Å². The molecule has 0 spiro atoms. The zero-order valence-electron chi connectivity index (χ0n) is 18.6. The highest BCUT2D eigenvalue weighted by atomic mass is 16.5. The van der Waals surface area contributed by atoms with Crippen LogP contribution in [-0.4, -0.2) is 54.2 Å². The van der Waals surface area contributed by atoms with Crippen LogP contribution in [0.4, 0.5) is 4.79 Å². The van der Waals surface area contributed by atoms with Crippen molar-refractivity contribution in [2.45, 2.75) is 25.7 Å². The number of alkyl carbamates (subject to hydrolysis) is 1. The van der Waals surface area contributed by atoms with E-state index in [-0.39, 0.29) is 31.5 Å². The number of hydrogen-bond donors (Lipinski definition) is 2. The second kappa shape index (κ2) is 9.90. The van der Waals surface area contributed by atoms with Crippen molar-refractivity contribution < 1.29 is 24.2 Å². The van der Waals surface area contributed by atoms with Gasteiger partial charge in [-0.05, 0) is 47.9 Å². The average molecular weight is 449 g/mol. The maximum atomic E-state index is 12.6. The van der Waals surface area contributed by atoms with E-state index in [0.717, 1.165) is 35.1 Å². The summed E-state index contributed by atoms with van der Waals surface area (Å²) in [6, 6.07) is 16.3. The highest BCUT2D eigenvalue weighted by Gasteiger charge is 2.29. The van der Waals surface area contributed by atoms with Crippen molar-refractivity contribution in [1.82, 2.24) is 10.2 Å². The Balaban J connectivity index is 1.30. The molecule has 0 aromatic heterocycles. The number of amides is 2. The van der Waals surface area contributed by atoms with Gasteiger partial charge < -0.3 is 20.1 Å². The average Bonchev–Trinajstić information content (AvgIpc) is 3.57. The minimum Gasteiger partial charge on any atom is -0.480 e. The summed E-state index contributed by atoms with van der Waals surface area (Å²) in [5.41, 5.74) is 5.01.